The molecule has 1 N–H and O–H groups in total. The number of hydrogen-bond acceptors (Lipinski definition) is 7. The lowest BCUT2D eigenvalue weighted by Crippen LogP contribution is -2.60. The second-order valence-electron chi connectivity index (χ2n) is 9.70. The fourth-order valence-corrected chi connectivity index (χ4v) is 4.39. The van der Waals surface area contributed by atoms with Gasteiger partial charge in [0, 0.05) is 14.7 Å². The highest BCUT2D eigenvalue weighted by Gasteiger charge is 2.47. The number of hydrogen-bond donors (Lipinski definition) is 1. The van der Waals surface area contributed by atoms with Gasteiger partial charge >= 0.3 is 5.97 Å². The van der Waals surface area contributed by atoms with Crippen LogP contribution in [0.3, 0.4) is 0 Å². The summed E-state index contributed by atoms with van der Waals surface area (Å²) in [7, 11) is -1.24. The summed E-state index contributed by atoms with van der Waals surface area (Å²) in [6.45, 7) is 9.54. The summed E-state index contributed by atoms with van der Waals surface area (Å²) in [5.41, 5.74) is 1.36. The fraction of sp³-hybridized carbons (Fsp3) is 0.500. The number of rotatable bonds is 11. The minimum atomic E-state index is -1.36. The molecule has 186 valence electrons. The van der Waals surface area contributed by atoms with Crippen molar-refractivity contribution in [1.29, 1.82) is 0 Å². The summed E-state index contributed by atoms with van der Waals surface area (Å²) < 4.78 is 29.3. The van der Waals surface area contributed by atoms with E-state index < -0.39 is 44.7 Å². The van der Waals surface area contributed by atoms with Crippen LogP contribution in [-0.2, 0) is 30.3 Å². The predicted octanol–water partition coefficient (Wildman–Crippen LogP) is 4.23. The second kappa shape index (κ2) is 12.6. The van der Waals surface area contributed by atoms with Crippen molar-refractivity contribution in [2.75, 3.05) is 13.4 Å². The summed E-state index contributed by atoms with van der Waals surface area (Å²) in [4.78, 5) is 12.7. The van der Waals surface area contributed by atoms with Crippen LogP contribution in [0.25, 0.3) is 0 Å². The molecule has 1 heterocycles. The van der Waals surface area contributed by atoms with Gasteiger partial charge in [-0.3, -0.25) is 0 Å². The molecule has 0 saturated carbocycles. The maximum absolute atomic E-state index is 12.7. The molecule has 3 rings (SSSR count). The van der Waals surface area contributed by atoms with E-state index in [1.807, 2.05) is 36.4 Å². The molecule has 1 aliphatic rings. The lowest BCUT2D eigenvalue weighted by molar-refractivity contribution is -0.303. The third-order valence-corrected chi connectivity index (χ3v) is 7.33. The molecule has 2 aromatic rings. The topological polar surface area (TPSA) is 83.5 Å². The molecule has 0 bridgehead atoms. The average molecular weight is 489 g/mol. The molecule has 5 atom stereocenters. The molecule has 0 amide bonds. The van der Waals surface area contributed by atoms with Crippen LogP contribution in [-0.4, -0.2) is 63.3 Å². The van der Waals surface area contributed by atoms with Gasteiger partial charge in [-0.25, -0.2) is 4.79 Å². The third kappa shape index (κ3) is 8.01. The maximum atomic E-state index is 12.7. The normalized spacial score (nSPS) is 25.1. The van der Waals surface area contributed by atoms with E-state index in [0.717, 1.165) is 11.6 Å². The first-order valence-corrected chi connectivity index (χ1v) is 15.4. The molecule has 1 fully saturated rings. The van der Waals surface area contributed by atoms with Gasteiger partial charge in [0.15, 0.2) is 12.4 Å². The van der Waals surface area contributed by atoms with E-state index in [0.29, 0.717) is 18.8 Å². The highest BCUT2D eigenvalue weighted by Crippen LogP contribution is 2.28. The van der Waals surface area contributed by atoms with Crippen LogP contribution in [0.15, 0.2) is 60.7 Å². The molecule has 7 nitrogen and oxygen atoms in total. The van der Waals surface area contributed by atoms with Gasteiger partial charge in [0.25, 0.3) is 0 Å². The van der Waals surface area contributed by atoms with Gasteiger partial charge in [0.2, 0.25) is 0 Å². The van der Waals surface area contributed by atoms with Gasteiger partial charge in [-0.1, -0.05) is 68.2 Å². The Balaban J connectivity index is 1.72. The Bertz CT molecular complexity index is 872. The SMILES string of the molecule is C[C@@H]1O[C@@H](O)[C@H](OC(=O)c2ccccc2)[C@H](OCOCC[Si](C)(C)C)[C@H]1OCc1ccccc1. The number of aliphatic hydroxyl groups excluding tert-OH is 1. The number of carbonyl (C=O) groups excluding carboxylic acids is 1. The van der Waals surface area contributed by atoms with Crippen molar-refractivity contribution in [1.82, 2.24) is 0 Å². The first-order valence-electron chi connectivity index (χ1n) is 11.7. The first-order chi connectivity index (χ1) is 16.2. The zero-order chi connectivity index (χ0) is 24.6. The van der Waals surface area contributed by atoms with E-state index in [1.54, 1.807) is 31.2 Å². The zero-order valence-corrected chi connectivity index (χ0v) is 21.4. The van der Waals surface area contributed by atoms with E-state index >= 15 is 0 Å². The lowest BCUT2D eigenvalue weighted by atomic mass is 9.99. The standard InChI is InChI=1S/C26H36O7Si/c1-19-22(30-17-20-11-7-5-8-12-20)23(31-18-29-15-16-34(2,3)4)24(26(28)32-19)33-25(27)21-13-9-6-10-14-21/h5-14,19,22-24,26,28H,15-18H2,1-4H3/t19-,22-,23+,24+,26+/m0/s1. The third-order valence-electron chi connectivity index (χ3n) is 5.62. The fourth-order valence-electron chi connectivity index (χ4n) is 3.63. The van der Waals surface area contributed by atoms with Crippen LogP contribution in [0.4, 0.5) is 0 Å². The number of ether oxygens (including phenoxy) is 5. The van der Waals surface area contributed by atoms with E-state index in [2.05, 4.69) is 19.6 Å². The van der Waals surface area contributed by atoms with E-state index in [1.165, 1.54) is 0 Å². The maximum Gasteiger partial charge on any atom is 0.338 e. The van der Waals surface area contributed by atoms with Crippen molar-refractivity contribution in [2.24, 2.45) is 0 Å². The Labute approximate surface area is 202 Å². The van der Waals surface area contributed by atoms with Gasteiger partial charge in [-0.05, 0) is 30.7 Å². The van der Waals surface area contributed by atoms with Crippen LogP contribution >= 0.6 is 0 Å². The molecule has 0 spiro atoms. The van der Waals surface area contributed by atoms with Gasteiger partial charge < -0.3 is 28.8 Å². The molecule has 1 aliphatic heterocycles. The van der Waals surface area contributed by atoms with Gasteiger partial charge in [0.05, 0.1) is 18.3 Å². The number of aliphatic hydroxyl groups is 1. The minimum Gasteiger partial charge on any atom is -0.450 e. The zero-order valence-electron chi connectivity index (χ0n) is 20.4. The van der Waals surface area contributed by atoms with Gasteiger partial charge in [0.1, 0.15) is 19.0 Å². The molecule has 0 aromatic heterocycles. The molecule has 8 heteroatoms. The number of esters is 1. The molecule has 0 aliphatic carbocycles. The van der Waals surface area contributed by atoms with Crippen LogP contribution in [0.1, 0.15) is 22.8 Å². The Morgan fingerprint density at radius 3 is 2.24 bits per heavy atom. The predicted molar refractivity (Wildman–Crippen MR) is 131 cm³/mol. The number of carbonyl (C=O) groups is 1. The van der Waals surface area contributed by atoms with Crippen molar-refractivity contribution in [3.8, 4) is 0 Å². The monoisotopic (exact) mass is 488 g/mol. The number of benzene rings is 2. The van der Waals surface area contributed by atoms with Crippen molar-refractivity contribution >= 4 is 14.0 Å². The van der Waals surface area contributed by atoms with Gasteiger partial charge in [-0.2, -0.15) is 0 Å². The molecule has 0 radical (unpaired) electrons. The average Bonchev–Trinajstić information content (AvgIpc) is 2.81. The summed E-state index contributed by atoms with van der Waals surface area (Å²) in [6.07, 6.45) is -4.28. The Morgan fingerprint density at radius 1 is 0.941 bits per heavy atom. The summed E-state index contributed by atoms with van der Waals surface area (Å²) in [5.74, 6) is -0.571. The summed E-state index contributed by atoms with van der Waals surface area (Å²) >= 11 is 0. The van der Waals surface area contributed by atoms with Crippen LogP contribution in [0.2, 0.25) is 25.7 Å². The van der Waals surface area contributed by atoms with E-state index in [-0.39, 0.29) is 6.79 Å². The molecule has 1 saturated heterocycles. The Hall–Kier alpha value is -2.07. The van der Waals surface area contributed by atoms with E-state index in [4.69, 9.17) is 23.7 Å². The highest BCUT2D eigenvalue weighted by molar-refractivity contribution is 6.76. The van der Waals surface area contributed by atoms with Crippen LogP contribution in [0, 0.1) is 0 Å². The Morgan fingerprint density at radius 2 is 1.59 bits per heavy atom. The molecule has 2 aromatic carbocycles. The smallest absolute Gasteiger partial charge is 0.338 e. The van der Waals surface area contributed by atoms with Crippen molar-refractivity contribution in [3.05, 3.63) is 71.8 Å². The molecule has 34 heavy (non-hydrogen) atoms. The van der Waals surface area contributed by atoms with Crippen molar-refractivity contribution in [2.45, 2.75) is 69.9 Å². The second-order valence-corrected chi connectivity index (χ2v) is 15.3. The van der Waals surface area contributed by atoms with Crippen LogP contribution < -0.4 is 0 Å². The minimum absolute atomic E-state index is 0.000822. The molecular weight excluding hydrogens is 452 g/mol. The Kier molecular flexibility index (Phi) is 9.81. The summed E-state index contributed by atoms with van der Waals surface area (Å²) in [5, 5.41) is 10.6. The molecule has 0 unspecified atom stereocenters. The quantitative estimate of drug-likeness (QED) is 0.219. The van der Waals surface area contributed by atoms with Crippen molar-refractivity contribution < 1.29 is 33.6 Å². The van der Waals surface area contributed by atoms with Crippen molar-refractivity contribution in [3.63, 3.8) is 0 Å². The first kappa shape index (κ1) is 26.5. The summed E-state index contributed by atoms with van der Waals surface area (Å²) in [6, 6.07) is 19.4. The highest BCUT2D eigenvalue weighted by atomic mass is 28.3. The molecular formula is C26H36O7Si. The largest absolute Gasteiger partial charge is 0.450 e. The van der Waals surface area contributed by atoms with Crippen LogP contribution in [0.5, 0.6) is 0 Å². The lowest BCUT2D eigenvalue weighted by Gasteiger charge is -2.43. The van der Waals surface area contributed by atoms with Gasteiger partial charge in [-0.15, -0.1) is 0 Å². The van der Waals surface area contributed by atoms with E-state index in [9.17, 15) is 9.90 Å².